The Morgan fingerprint density at radius 3 is 2.50 bits per heavy atom. The van der Waals surface area contributed by atoms with E-state index in [9.17, 15) is 0 Å². The summed E-state index contributed by atoms with van der Waals surface area (Å²) in [6, 6.07) is 11.0. The molecule has 0 saturated heterocycles. The second kappa shape index (κ2) is 8.48. The Balaban J connectivity index is 2.07. The number of hydrogen-bond donors (Lipinski definition) is 1. The molecule has 0 saturated carbocycles. The average molecular weight is 419 g/mol. The van der Waals surface area contributed by atoms with Gasteiger partial charge in [-0.3, -0.25) is 4.72 Å². The Morgan fingerprint density at radius 1 is 1.14 bits per heavy atom. The number of benzene rings is 2. The summed E-state index contributed by atoms with van der Waals surface area (Å²) in [4.78, 5) is 0. The first kappa shape index (κ1) is 21.2. The Hall–Kier alpha value is -1.49. The third kappa shape index (κ3) is 4.91. The van der Waals surface area contributed by atoms with Gasteiger partial charge in [-0.25, -0.2) is 4.39 Å². The predicted molar refractivity (Wildman–Crippen MR) is 121 cm³/mol. The second-order valence-corrected chi connectivity index (χ2v) is 10.7. The van der Waals surface area contributed by atoms with Crippen molar-refractivity contribution in [2.45, 2.75) is 52.5 Å². The number of nitrogens with one attached hydrogen (secondary N) is 1. The molecule has 0 bridgehead atoms. The maximum atomic E-state index is 15.1. The molecule has 0 radical (unpaired) electrons. The fourth-order valence-corrected chi connectivity index (χ4v) is 4.18. The number of fused-ring (bicyclic) bond motifs is 1. The predicted octanol–water partition coefficient (Wildman–Crippen LogP) is 7.29. The number of rotatable bonds is 6. The van der Waals surface area contributed by atoms with Crippen molar-refractivity contribution in [3.8, 4) is 11.1 Å². The van der Waals surface area contributed by atoms with Crippen molar-refractivity contribution in [2.24, 2.45) is 5.92 Å². The summed E-state index contributed by atoms with van der Waals surface area (Å²) >= 11 is 8.03. The first-order valence-corrected chi connectivity index (χ1v) is 10.8. The fourth-order valence-electron chi connectivity index (χ4n) is 3.29. The van der Waals surface area contributed by atoms with Crippen LogP contribution in [-0.2, 0) is 13.1 Å². The molecule has 1 N–H and O–H groups in total. The van der Waals surface area contributed by atoms with Gasteiger partial charge in [-0.2, -0.15) is 0 Å². The van der Waals surface area contributed by atoms with Gasteiger partial charge in [-0.1, -0.05) is 55.6 Å². The zero-order valence-corrected chi connectivity index (χ0v) is 18.7. The van der Waals surface area contributed by atoms with Crippen LogP contribution in [-0.4, -0.2) is 9.31 Å². The molecule has 2 nitrogen and oxygen atoms in total. The molecule has 3 aromatic rings. The van der Waals surface area contributed by atoms with Crippen LogP contribution in [0.15, 0.2) is 42.6 Å². The molecule has 0 spiro atoms. The van der Waals surface area contributed by atoms with E-state index in [0.717, 1.165) is 28.6 Å². The van der Waals surface area contributed by atoms with Gasteiger partial charge in [0.15, 0.2) is 0 Å². The van der Waals surface area contributed by atoms with Gasteiger partial charge in [-0.15, -0.1) is 0 Å². The first-order valence-electron chi connectivity index (χ1n) is 9.63. The second-order valence-electron chi connectivity index (χ2n) is 8.57. The lowest BCUT2D eigenvalue weighted by Gasteiger charge is -2.17. The van der Waals surface area contributed by atoms with Gasteiger partial charge >= 0.3 is 0 Å². The number of halogens is 2. The highest BCUT2D eigenvalue weighted by molar-refractivity contribution is 7.98. The van der Waals surface area contributed by atoms with Crippen LogP contribution in [0, 0.1) is 11.7 Å². The van der Waals surface area contributed by atoms with Gasteiger partial charge in [0, 0.05) is 51.1 Å². The van der Waals surface area contributed by atoms with Crippen molar-refractivity contribution in [1.82, 2.24) is 9.29 Å². The molecule has 1 heterocycles. The van der Waals surface area contributed by atoms with Crippen LogP contribution in [0.3, 0.4) is 0 Å². The van der Waals surface area contributed by atoms with Crippen LogP contribution in [0.1, 0.15) is 40.2 Å². The molecule has 3 rings (SSSR count). The van der Waals surface area contributed by atoms with Crippen molar-refractivity contribution >= 4 is 34.5 Å². The zero-order chi connectivity index (χ0) is 20.5. The molecule has 28 heavy (non-hydrogen) atoms. The highest BCUT2D eigenvalue weighted by Crippen LogP contribution is 2.34. The van der Waals surface area contributed by atoms with Crippen LogP contribution in [0.5, 0.6) is 0 Å². The third-order valence-corrected chi connectivity index (χ3v) is 5.65. The molecule has 0 atom stereocenters. The molecule has 0 amide bonds. The number of aromatic nitrogens is 1. The highest BCUT2D eigenvalue weighted by Gasteiger charge is 2.17. The number of hydrogen-bond acceptors (Lipinski definition) is 2. The lowest BCUT2D eigenvalue weighted by Crippen LogP contribution is -2.16. The highest BCUT2D eigenvalue weighted by atomic mass is 35.5. The summed E-state index contributed by atoms with van der Waals surface area (Å²) < 4.78 is 20.8. The summed E-state index contributed by atoms with van der Waals surface area (Å²) in [5.41, 5.74) is 3.42. The van der Waals surface area contributed by atoms with Crippen LogP contribution in [0.2, 0.25) is 5.02 Å². The van der Waals surface area contributed by atoms with Crippen LogP contribution >= 0.6 is 23.5 Å². The molecular formula is C23H28ClFN2S. The summed E-state index contributed by atoms with van der Waals surface area (Å²) in [6.07, 6.45) is 2.15. The Labute approximate surface area is 176 Å². The van der Waals surface area contributed by atoms with Crippen molar-refractivity contribution in [3.63, 3.8) is 0 Å². The monoisotopic (exact) mass is 418 g/mol. The van der Waals surface area contributed by atoms with E-state index < -0.39 is 0 Å². The molecule has 1 aromatic heterocycles. The Kier molecular flexibility index (Phi) is 6.43. The van der Waals surface area contributed by atoms with E-state index in [1.54, 1.807) is 24.1 Å². The summed E-state index contributed by atoms with van der Waals surface area (Å²) in [5, 5.41) is 1.52. The zero-order valence-electron chi connectivity index (χ0n) is 17.1. The van der Waals surface area contributed by atoms with Crippen LogP contribution < -0.4 is 4.72 Å². The lowest BCUT2D eigenvalue weighted by atomic mass is 10.0. The summed E-state index contributed by atoms with van der Waals surface area (Å²) in [6.45, 7) is 12.5. The van der Waals surface area contributed by atoms with Gasteiger partial charge in [0.2, 0.25) is 0 Å². The van der Waals surface area contributed by atoms with E-state index in [2.05, 4.69) is 50.1 Å². The molecule has 2 aromatic carbocycles. The molecule has 5 heteroatoms. The SMILES string of the molecule is CC(C)Cn1cc(CNSC(C)(C)C)c2cc(F)c(-c3ccccc3Cl)cc21. The van der Waals surface area contributed by atoms with E-state index in [4.69, 9.17) is 11.6 Å². The quantitative estimate of drug-likeness (QED) is 0.423. The maximum absolute atomic E-state index is 15.1. The Morgan fingerprint density at radius 2 is 1.86 bits per heavy atom. The fraction of sp³-hybridized carbons (Fsp3) is 0.391. The smallest absolute Gasteiger partial charge is 0.131 e. The minimum absolute atomic E-state index is 0.124. The lowest BCUT2D eigenvalue weighted by molar-refractivity contribution is 0.534. The van der Waals surface area contributed by atoms with Gasteiger partial charge in [-0.05, 0) is 50.5 Å². The third-order valence-electron chi connectivity index (χ3n) is 4.42. The van der Waals surface area contributed by atoms with Crippen molar-refractivity contribution in [2.75, 3.05) is 0 Å². The van der Waals surface area contributed by atoms with Crippen molar-refractivity contribution in [3.05, 3.63) is 59.0 Å². The van der Waals surface area contributed by atoms with E-state index in [0.29, 0.717) is 23.0 Å². The minimum Gasteiger partial charge on any atom is -0.347 e. The molecular weight excluding hydrogens is 391 g/mol. The van der Waals surface area contributed by atoms with E-state index in [-0.39, 0.29) is 10.6 Å². The molecule has 150 valence electrons. The van der Waals surface area contributed by atoms with Crippen molar-refractivity contribution < 1.29 is 4.39 Å². The first-order chi connectivity index (χ1) is 13.2. The van der Waals surface area contributed by atoms with Gasteiger partial charge in [0.05, 0.1) is 0 Å². The van der Waals surface area contributed by atoms with Gasteiger partial charge in [0.1, 0.15) is 5.82 Å². The van der Waals surface area contributed by atoms with E-state index in [1.165, 1.54) is 0 Å². The molecule has 0 aliphatic rings. The van der Waals surface area contributed by atoms with Gasteiger partial charge in [0.25, 0.3) is 0 Å². The molecule has 0 unspecified atom stereocenters. The maximum Gasteiger partial charge on any atom is 0.131 e. The minimum atomic E-state index is -0.243. The molecule has 0 aliphatic carbocycles. The Bertz CT molecular complexity index is 973. The average Bonchev–Trinajstić information content (AvgIpc) is 2.90. The topological polar surface area (TPSA) is 17.0 Å². The largest absolute Gasteiger partial charge is 0.347 e. The number of nitrogens with zero attached hydrogens (tertiary/aromatic N) is 1. The van der Waals surface area contributed by atoms with E-state index in [1.807, 2.05) is 24.3 Å². The summed E-state index contributed by atoms with van der Waals surface area (Å²) in [5.74, 6) is 0.252. The van der Waals surface area contributed by atoms with Crippen molar-refractivity contribution in [1.29, 1.82) is 0 Å². The van der Waals surface area contributed by atoms with Gasteiger partial charge < -0.3 is 4.57 Å². The van der Waals surface area contributed by atoms with Crippen LogP contribution in [0.4, 0.5) is 4.39 Å². The van der Waals surface area contributed by atoms with Crippen LogP contribution in [0.25, 0.3) is 22.0 Å². The summed E-state index contributed by atoms with van der Waals surface area (Å²) in [7, 11) is 0. The molecule has 0 fully saturated rings. The van der Waals surface area contributed by atoms with E-state index >= 15 is 4.39 Å². The standard InChI is InChI=1S/C23H28ClFN2S/c1-15(2)13-27-14-16(12-26-28-23(3,4)5)18-10-21(25)19(11-22(18)27)17-8-6-7-9-20(17)24/h6-11,14-15,26H,12-13H2,1-5H3. The molecule has 0 aliphatic heterocycles. The normalized spacial score (nSPS) is 12.3.